The molecule has 1 heterocycles. The van der Waals surface area contributed by atoms with E-state index in [-0.39, 0.29) is 5.82 Å². The fraction of sp³-hybridized carbons (Fsp3) is 0.308. The molecule has 0 spiro atoms. The van der Waals surface area contributed by atoms with Crippen LogP contribution >= 0.6 is 15.9 Å². The van der Waals surface area contributed by atoms with Crippen LogP contribution in [-0.4, -0.2) is 16.5 Å². The first-order valence-electron chi connectivity index (χ1n) is 5.90. The van der Waals surface area contributed by atoms with Crippen molar-refractivity contribution in [2.75, 3.05) is 6.54 Å². The third-order valence-electron chi connectivity index (χ3n) is 2.55. The second-order valence-corrected chi connectivity index (χ2v) is 4.91. The zero-order chi connectivity index (χ0) is 13.0. The number of halogens is 2. The van der Waals surface area contributed by atoms with Crippen LogP contribution in [0.1, 0.15) is 19.0 Å². The molecule has 0 aliphatic heterocycles. The van der Waals surface area contributed by atoms with Crippen molar-refractivity contribution in [2.45, 2.75) is 19.9 Å². The lowest BCUT2D eigenvalue weighted by Gasteiger charge is -2.02. The number of benzene rings is 1. The molecule has 0 aliphatic carbocycles. The standard InChI is InChI=1S/C13H15BrFN3/c1-2-5-16-7-10-8-17-13(18-10)11-6-9(15)3-4-12(11)14/h3-4,6,8,16H,2,5,7H2,1H3,(H,17,18). The molecule has 3 nitrogen and oxygen atoms in total. The number of nitrogens with zero attached hydrogens (tertiary/aromatic N) is 1. The van der Waals surface area contributed by atoms with E-state index < -0.39 is 0 Å². The molecule has 1 aromatic heterocycles. The lowest BCUT2D eigenvalue weighted by molar-refractivity contribution is 0.628. The molecule has 0 atom stereocenters. The summed E-state index contributed by atoms with van der Waals surface area (Å²) in [5.41, 5.74) is 1.73. The molecule has 2 rings (SSSR count). The van der Waals surface area contributed by atoms with Crippen molar-refractivity contribution in [1.29, 1.82) is 0 Å². The summed E-state index contributed by atoms with van der Waals surface area (Å²) in [7, 11) is 0. The zero-order valence-corrected chi connectivity index (χ0v) is 11.7. The first-order chi connectivity index (χ1) is 8.70. The predicted molar refractivity (Wildman–Crippen MR) is 73.7 cm³/mol. The van der Waals surface area contributed by atoms with Crippen LogP contribution in [0.3, 0.4) is 0 Å². The van der Waals surface area contributed by atoms with Crippen molar-refractivity contribution >= 4 is 15.9 Å². The minimum Gasteiger partial charge on any atom is -0.341 e. The van der Waals surface area contributed by atoms with Crippen molar-refractivity contribution in [1.82, 2.24) is 15.3 Å². The fourth-order valence-electron chi connectivity index (χ4n) is 1.66. The van der Waals surface area contributed by atoms with Gasteiger partial charge in [-0.25, -0.2) is 9.37 Å². The molecule has 2 aromatic rings. The summed E-state index contributed by atoms with van der Waals surface area (Å²) in [6, 6.07) is 4.56. The lowest BCUT2D eigenvalue weighted by atomic mass is 10.2. The average molecular weight is 312 g/mol. The molecule has 0 radical (unpaired) electrons. The highest BCUT2D eigenvalue weighted by Crippen LogP contribution is 2.26. The molecule has 18 heavy (non-hydrogen) atoms. The SMILES string of the molecule is CCCNCc1cnc(-c2cc(F)ccc2Br)[nH]1. The Kier molecular flexibility index (Phi) is 4.49. The number of H-pyrrole nitrogens is 1. The van der Waals surface area contributed by atoms with Crippen LogP contribution in [0.5, 0.6) is 0 Å². The molecule has 0 saturated carbocycles. The van der Waals surface area contributed by atoms with E-state index in [9.17, 15) is 4.39 Å². The Hall–Kier alpha value is -1.20. The number of aromatic amines is 1. The highest BCUT2D eigenvalue weighted by Gasteiger charge is 2.08. The third-order valence-corrected chi connectivity index (χ3v) is 3.25. The maximum Gasteiger partial charge on any atom is 0.138 e. The van der Waals surface area contributed by atoms with Gasteiger partial charge in [0, 0.05) is 28.5 Å². The number of imidazole rings is 1. The summed E-state index contributed by atoms with van der Waals surface area (Å²) >= 11 is 3.40. The normalized spacial score (nSPS) is 10.8. The van der Waals surface area contributed by atoms with Gasteiger partial charge in [-0.2, -0.15) is 0 Å². The van der Waals surface area contributed by atoms with Gasteiger partial charge in [0.25, 0.3) is 0 Å². The molecule has 5 heteroatoms. The van der Waals surface area contributed by atoms with Gasteiger partial charge in [0.1, 0.15) is 11.6 Å². The van der Waals surface area contributed by atoms with Crippen molar-refractivity contribution in [3.8, 4) is 11.4 Å². The second-order valence-electron chi connectivity index (χ2n) is 4.06. The Morgan fingerprint density at radius 1 is 1.44 bits per heavy atom. The van der Waals surface area contributed by atoms with E-state index in [4.69, 9.17) is 0 Å². The molecule has 96 valence electrons. The van der Waals surface area contributed by atoms with Gasteiger partial charge in [0.05, 0.1) is 0 Å². The Labute approximate surface area is 114 Å². The van der Waals surface area contributed by atoms with E-state index in [0.717, 1.165) is 35.2 Å². The maximum absolute atomic E-state index is 13.2. The van der Waals surface area contributed by atoms with E-state index in [1.54, 1.807) is 12.3 Å². The van der Waals surface area contributed by atoms with Crippen molar-refractivity contribution in [2.24, 2.45) is 0 Å². The minimum absolute atomic E-state index is 0.268. The monoisotopic (exact) mass is 311 g/mol. The highest BCUT2D eigenvalue weighted by molar-refractivity contribution is 9.10. The molecule has 2 N–H and O–H groups in total. The first-order valence-corrected chi connectivity index (χ1v) is 6.70. The van der Waals surface area contributed by atoms with Gasteiger partial charge < -0.3 is 10.3 Å². The molecule has 0 bridgehead atoms. The summed E-state index contributed by atoms with van der Waals surface area (Å²) in [5, 5.41) is 3.29. The zero-order valence-electron chi connectivity index (χ0n) is 10.1. The number of nitrogens with one attached hydrogen (secondary N) is 2. The number of aromatic nitrogens is 2. The Morgan fingerprint density at radius 2 is 2.28 bits per heavy atom. The largest absolute Gasteiger partial charge is 0.341 e. The van der Waals surface area contributed by atoms with E-state index in [1.807, 2.05) is 0 Å². The second kappa shape index (κ2) is 6.11. The van der Waals surface area contributed by atoms with Crippen LogP contribution in [0.2, 0.25) is 0 Å². The first kappa shape index (κ1) is 13.2. The van der Waals surface area contributed by atoms with E-state index in [1.165, 1.54) is 12.1 Å². The van der Waals surface area contributed by atoms with Gasteiger partial charge >= 0.3 is 0 Å². The molecule has 0 amide bonds. The number of hydrogen-bond donors (Lipinski definition) is 2. The summed E-state index contributed by atoms with van der Waals surface area (Å²) in [6.45, 7) is 3.83. The van der Waals surface area contributed by atoms with E-state index >= 15 is 0 Å². The van der Waals surface area contributed by atoms with Crippen LogP contribution in [0.25, 0.3) is 11.4 Å². The summed E-state index contributed by atoms with van der Waals surface area (Å²) in [6.07, 6.45) is 2.87. The van der Waals surface area contributed by atoms with Crippen LogP contribution < -0.4 is 5.32 Å². The maximum atomic E-state index is 13.2. The quantitative estimate of drug-likeness (QED) is 0.830. The van der Waals surface area contributed by atoms with Crippen LogP contribution in [0.4, 0.5) is 4.39 Å². The molecular formula is C13H15BrFN3. The number of rotatable bonds is 5. The summed E-state index contributed by atoms with van der Waals surface area (Å²) in [4.78, 5) is 7.46. The smallest absolute Gasteiger partial charge is 0.138 e. The van der Waals surface area contributed by atoms with E-state index in [2.05, 4.69) is 38.1 Å². The van der Waals surface area contributed by atoms with Gasteiger partial charge in [-0.15, -0.1) is 0 Å². The van der Waals surface area contributed by atoms with Crippen LogP contribution in [0.15, 0.2) is 28.9 Å². The Morgan fingerprint density at radius 3 is 3.06 bits per heavy atom. The van der Waals surface area contributed by atoms with Gasteiger partial charge in [-0.05, 0) is 31.2 Å². The average Bonchev–Trinajstić information content (AvgIpc) is 2.81. The third kappa shape index (κ3) is 3.17. The van der Waals surface area contributed by atoms with Crippen LogP contribution in [0, 0.1) is 5.82 Å². The van der Waals surface area contributed by atoms with Crippen LogP contribution in [-0.2, 0) is 6.54 Å². The van der Waals surface area contributed by atoms with Gasteiger partial charge in [-0.1, -0.05) is 22.9 Å². The topological polar surface area (TPSA) is 40.7 Å². The molecule has 0 saturated heterocycles. The molecule has 0 aliphatic rings. The number of hydrogen-bond acceptors (Lipinski definition) is 2. The minimum atomic E-state index is -0.268. The molecule has 1 aromatic carbocycles. The fourth-order valence-corrected chi connectivity index (χ4v) is 2.10. The molecular weight excluding hydrogens is 297 g/mol. The summed E-state index contributed by atoms with van der Waals surface area (Å²) in [5.74, 6) is 0.407. The Balaban J connectivity index is 2.16. The van der Waals surface area contributed by atoms with Gasteiger partial charge in [0.15, 0.2) is 0 Å². The molecule has 0 unspecified atom stereocenters. The molecule has 0 fully saturated rings. The highest BCUT2D eigenvalue weighted by atomic mass is 79.9. The predicted octanol–water partition coefficient (Wildman–Crippen LogP) is 3.48. The Bertz CT molecular complexity index is 525. The van der Waals surface area contributed by atoms with E-state index in [0.29, 0.717) is 5.82 Å². The van der Waals surface area contributed by atoms with Crippen molar-refractivity contribution in [3.05, 3.63) is 40.4 Å². The summed E-state index contributed by atoms with van der Waals surface area (Å²) < 4.78 is 14.0. The lowest BCUT2D eigenvalue weighted by Crippen LogP contribution is -2.13. The van der Waals surface area contributed by atoms with Crippen molar-refractivity contribution in [3.63, 3.8) is 0 Å². The van der Waals surface area contributed by atoms with Crippen molar-refractivity contribution < 1.29 is 4.39 Å². The van der Waals surface area contributed by atoms with Gasteiger partial charge in [0.2, 0.25) is 0 Å². The van der Waals surface area contributed by atoms with Gasteiger partial charge in [-0.3, -0.25) is 0 Å².